The van der Waals surface area contributed by atoms with Crippen LogP contribution in [0.2, 0.25) is 5.02 Å². The lowest BCUT2D eigenvalue weighted by Gasteiger charge is -2.31. The van der Waals surface area contributed by atoms with Crippen LogP contribution in [0.1, 0.15) is 18.4 Å². The Labute approximate surface area is 113 Å². The highest BCUT2D eigenvalue weighted by molar-refractivity contribution is 6.30. The van der Waals surface area contributed by atoms with Crippen molar-refractivity contribution in [3.63, 3.8) is 0 Å². The van der Waals surface area contributed by atoms with Crippen LogP contribution in [0, 0.1) is 11.3 Å². The summed E-state index contributed by atoms with van der Waals surface area (Å²) in [6, 6.07) is 5.58. The number of aliphatic hydroxyl groups excluding tert-OH is 1. The molecular weight excluding hydrogens is 250 g/mol. The Balaban J connectivity index is 2.28. The maximum Gasteiger partial charge on any atom is 0.122 e. The highest BCUT2D eigenvalue weighted by atomic mass is 35.5. The first-order chi connectivity index (χ1) is 8.65. The molecule has 1 aliphatic carbocycles. The van der Waals surface area contributed by atoms with Gasteiger partial charge in [0.05, 0.1) is 13.7 Å². The summed E-state index contributed by atoms with van der Waals surface area (Å²) in [5, 5.41) is 10.4. The van der Waals surface area contributed by atoms with Gasteiger partial charge in [0.2, 0.25) is 0 Å². The second-order valence-electron chi connectivity index (χ2n) is 5.13. The van der Waals surface area contributed by atoms with E-state index in [0.29, 0.717) is 23.9 Å². The van der Waals surface area contributed by atoms with E-state index in [1.165, 1.54) is 0 Å². The number of halogens is 1. The Morgan fingerprint density at radius 3 is 2.72 bits per heavy atom. The van der Waals surface area contributed by atoms with Crippen LogP contribution in [0.25, 0.3) is 0 Å². The van der Waals surface area contributed by atoms with E-state index in [2.05, 4.69) is 0 Å². The molecule has 1 aromatic rings. The number of rotatable bonds is 6. The van der Waals surface area contributed by atoms with Crippen LogP contribution in [-0.2, 0) is 6.42 Å². The van der Waals surface area contributed by atoms with Crippen LogP contribution >= 0.6 is 11.6 Å². The van der Waals surface area contributed by atoms with Crippen LogP contribution in [-0.4, -0.2) is 25.4 Å². The fraction of sp³-hybridized carbons (Fsp3) is 0.571. The number of hydrogen-bond acceptors (Lipinski definition) is 3. The number of ether oxygens (including phenoxy) is 1. The Kier molecular flexibility index (Phi) is 4.15. The van der Waals surface area contributed by atoms with E-state index in [9.17, 15) is 5.11 Å². The lowest BCUT2D eigenvalue weighted by atomic mass is 9.77. The highest BCUT2D eigenvalue weighted by Crippen LogP contribution is 2.47. The lowest BCUT2D eigenvalue weighted by Crippen LogP contribution is -2.38. The van der Waals surface area contributed by atoms with Gasteiger partial charge in [0, 0.05) is 17.0 Å². The minimum absolute atomic E-state index is 0.115. The molecule has 1 atom stereocenters. The van der Waals surface area contributed by atoms with Gasteiger partial charge < -0.3 is 15.6 Å². The molecule has 1 fully saturated rings. The van der Waals surface area contributed by atoms with Crippen LogP contribution in [0.15, 0.2) is 18.2 Å². The summed E-state index contributed by atoms with van der Waals surface area (Å²) in [5.74, 6) is 1.34. The van der Waals surface area contributed by atoms with Crippen LogP contribution in [0.4, 0.5) is 0 Å². The third kappa shape index (κ3) is 2.63. The Morgan fingerprint density at radius 2 is 2.22 bits per heavy atom. The number of nitrogens with two attached hydrogens (primary N) is 1. The minimum atomic E-state index is -0.224. The summed E-state index contributed by atoms with van der Waals surface area (Å²) in [6.07, 6.45) is 3.02. The van der Waals surface area contributed by atoms with Gasteiger partial charge in [-0.25, -0.2) is 0 Å². The molecule has 1 unspecified atom stereocenters. The summed E-state index contributed by atoms with van der Waals surface area (Å²) in [4.78, 5) is 0. The van der Waals surface area contributed by atoms with Gasteiger partial charge in [-0.15, -0.1) is 0 Å². The minimum Gasteiger partial charge on any atom is -0.496 e. The molecule has 2 rings (SSSR count). The molecule has 1 aliphatic rings. The molecule has 0 amide bonds. The molecule has 3 N–H and O–H groups in total. The predicted octanol–water partition coefficient (Wildman–Crippen LogP) is 2.24. The van der Waals surface area contributed by atoms with E-state index in [0.717, 1.165) is 24.2 Å². The zero-order valence-electron chi connectivity index (χ0n) is 10.7. The second-order valence-corrected chi connectivity index (χ2v) is 5.57. The summed E-state index contributed by atoms with van der Waals surface area (Å²) in [5.41, 5.74) is 6.70. The van der Waals surface area contributed by atoms with Crippen molar-refractivity contribution in [1.82, 2.24) is 0 Å². The first-order valence-electron chi connectivity index (χ1n) is 6.28. The predicted molar refractivity (Wildman–Crippen MR) is 73.0 cm³/mol. The number of benzene rings is 1. The third-order valence-corrected chi connectivity index (χ3v) is 4.18. The SMILES string of the molecule is COc1ccc(Cl)cc1CC(CN)(CO)C1CC1. The zero-order valence-corrected chi connectivity index (χ0v) is 11.4. The molecular formula is C14H20ClNO2. The molecule has 3 nitrogen and oxygen atoms in total. The van der Waals surface area contributed by atoms with Gasteiger partial charge in [-0.3, -0.25) is 0 Å². The van der Waals surface area contributed by atoms with E-state index in [1.807, 2.05) is 18.2 Å². The Morgan fingerprint density at radius 1 is 1.50 bits per heavy atom. The number of hydrogen-bond donors (Lipinski definition) is 2. The molecule has 0 heterocycles. The Bertz CT molecular complexity index is 414. The highest BCUT2D eigenvalue weighted by Gasteiger charge is 2.44. The zero-order chi connectivity index (χ0) is 13.2. The van der Waals surface area contributed by atoms with Crippen LogP contribution in [0.3, 0.4) is 0 Å². The molecule has 100 valence electrons. The molecule has 0 saturated heterocycles. The fourth-order valence-electron chi connectivity index (χ4n) is 2.59. The van der Waals surface area contributed by atoms with Gasteiger partial charge in [-0.2, -0.15) is 0 Å². The van der Waals surface area contributed by atoms with Crippen molar-refractivity contribution in [1.29, 1.82) is 0 Å². The third-order valence-electron chi connectivity index (χ3n) is 3.95. The van der Waals surface area contributed by atoms with E-state index in [4.69, 9.17) is 22.1 Å². The van der Waals surface area contributed by atoms with E-state index in [-0.39, 0.29) is 12.0 Å². The van der Waals surface area contributed by atoms with Crippen molar-refractivity contribution in [3.8, 4) is 5.75 Å². The second kappa shape index (κ2) is 5.47. The largest absolute Gasteiger partial charge is 0.496 e. The van der Waals surface area contributed by atoms with Crippen molar-refractivity contribution in [3.05, 3.63) is 28.8 Å². The quantitative estimate of drug-likeness (QED) is 0.833. The first kappa shape index (κ1) is 13.7. The van der Waals surface area contributed by atoms with Gasteiger partial charge in [-0.1, -0.05) is 11.6 Å². The number of aliphatic hydroxyl groups is 1. The maximum absolute atomic E-state index is 9.73. The summed E-state index contributed by atoms with van der Waals surface area (Å²) >= 11 is 6.03. The maximum atomic E-state index is 9.73. The van der Waals surface area contributed by atoms with Crippen molar-refractivity contribution in [2.75, 3.05) is 20.3 Å². The molecule has 0 bridgehead atoms. The average Bonchev–Trinajstić information content (AvgIpc) is 3.21. The van der Waals surface area contributed by atoms with Crippen LogP contribution in [0.5, 0.6) is 5.75 Å². The van der Waals surface area contributed by atoms with E-state index >= 15 is 0 Å². The summed E-state index contributed by atoms with van der Waals surface area (Å²) < 4.78 is 5.35. The number of methoxy groups -OCH3 is 1. The monoisotopic (exact) mass is 269 g/mol. The summed E-state index contributed by atoms with van der Waals surface area (Å²) in [7, 11) is 1.65. The van der Waals surface area contributed by atoms with Gasteiger partial charge >= 0.3 is 0 Å². The molecule has 0 spiro atoms. The Hall–Kier alpha value is -0.770. The molecule has 18 heavy (non-hydrogen) atoms. The smallest absolute Gasteiger partial charge is 0.122 e. The lowest BCUT2D eigenvalue weighted by molar-refractivity contribution is 0.108. The van der Waals surface area contributed by atoms with E-state index in [1.54, 1.807) is 7.11 Å². The topological polar surface area (TPSA) is 55.5 Å². The molecule has 0 aliphatic heterocycles. The van der Waals surface area contributed by atoms with Gasteiger partial charge in [0.1, 0.15) is 5.75 Å². The van der Waals surface area contributed by atoms with E-state index < -0.39 is 0 Å². The van der Waals surface area contributed by atoms with Gasteiger partial charge in [-0.05, 0) is 48.9 Å². The van der Waals surface area contributed by atoms with Crippen molar-refractivity contribution in [2.45, 2.75) is 19.3 Å². The van der Waals surface area contributed by atoms with Crippen molar-refractivity contribution >= 4 is 11.6 Å². The molecule has 0 radical (unpaired) electrons. The van der Waals surface area contributed by atoms with Gasteiger partial charge in [0.25, 0.3) is 0 Å². The molecule has 4 heteroatoms. The molecule has 1 aromatic carbocycles. The normalized spacial score (nSPS) is 18.4. The average molecular weight is 270 g/mol. The fourth-order valence-corrected chi connectivity index (χ4v) is 2.79. The summed E-state index contributed by atoms with van der Waals surface area (Å²) in [6.45, 7) is 0.605. The van der Waals surface area contributed by atoms with Gasteiger partial charge in [0.15, 0.2) is 0 Å². The first-order valence-corrected chi connectivity index (χ1v) is 6.66. The van der Waals surface area contributed by atoms with Crippen molar-refractivity contribution in [2.24, 2.45) is 17.1 Å². The standard InChI is InChI=1S/C14H20ClNO2/c1-18-13-5-4-12(15)6-10(13)7-14(8-16,9-17)11-2-3-11/h4-6,11,17H,2-3,7-9,16H2,1H3. The van der Waals surface area contributed by atoms with Crippen LogP contribution < -0.4 is 10.5 Å². The molecule has 1 saturated carbocycles. The molecule has 0 aromatic heterocycles. The van der Waals surface area contributed by atoms with Crippen molar-refractivity contribution < 1.29 is 9.84 Å².